The fraction of sp³-hybridized carbons (Fsp3) is 0.588. The van der Waals surface area contributed by atoms with E-state index in [1.807, 2.05) is 12.1 Å². The largest absolute Gasteiger partial charge is 0.486 e. The van der Waals surface area contributed by atoms with Gasteiger partial charge in [0, 0.05) is 25.2 Å². The van der Waals surface area contributed by atoms with Gasteiger partial charge in [-0.15, -0.1) is 0 Å². The Bertz CT molecular complexity index is 691. The summed E-state index contributed by atoms with van der Waals surface area (Å²) in [7, 11) is 0. The van der Waals surface area contributed by atoms with Crippen LogP contribution >= 0.6 is 0 Å². The Morgan fingerprint density at radius 3 is 2.48 bits per heavy atom. The lowest BCUT2D eigenvalue weighted by Crippen LogP contribution is -2.33. The Morgan fingerprint density at radius 1 is 1.00 bits per heavy atom. The standard InChI is InChI=1S/C17H24N4O2/c18-12-17-19-13-10-15-16(23-9-8-22-15)11-14(13)21(17)7-6-20-4-2-1-3-5-20/h10-11H,1-9,12,18H2. The molecule has 2 aromatic rings. The summed E-state index contributed by atoms with van der Waals surface area (Å²) in [6.45, 7) is 6.02. The summed E-state index contributed by atoms with van der Waals surface area (Å²) in [6.07, 6.45) is 3.99. The lowest BCUT2D eigenvalue weighted by Gasteiger charge is -2.26. The minimum atomic E-state index is 0.445. The maximum atomic E-state index is 5.92. The molecule has 6 heteroatoms. The van der Waals surface area contributed by atoms with Crippen molar-refractivity contribution in [3.63, 3.8) is 0 Å². The molecule has 2 aliphatic heterocycles. The molecule has 0 atom stereocenters. The van der Waals surface area contributed by atoms with Crippen molar-refractivity contribution in [2.45, 2.75) is 32.4 Å². The number of nitrogens with two attached hydrogens (primary N) is 1. The zero-order chi connectivity index (χ0) is 15.6. The molecule has 1 aromatic carbocycles. The van der Waals surface area contributed by atoms with E-state index in [9.17, 15) is 0 Å². The number of aromatic nitrogens is 2. The van der Waals surface area contributed by atoms with Crippen LogP contribution in [0.25, 0.3) is 11.0 Å². The number of ether oxygens (including phenoxy) is 2. The van der Waals surface area contributed by atoms with E-state index in [4.69, 9.17) is 15.2 Å². The van der Waals surface area contributed by atoms with Crippen molar-refractivity contribution in [1.82, 2.24) is 14.5 Å². The van der Waals surface area contributed by atoms with E-state index in [1.165, 1.54) is 32.4 Å². The summed E-state index contributed by atoms with van der Waals surface area (Å²) in [5.74, 6) is 2.53. The van der Waals surface area contributed by atoms with E-state index in [0.717, 1.165) is 41.4 Å². The highest BCUT2D eigenvalue weighted by Crippen LogP contribution is 2.34. The number of nitrogens with zero attached hydrogens (tertiary/aromatic N) is 3. The molecule has 124 valence electrons. The molecule has 1 fully saturated rings. The minimum absolute atomic E-state index is 0.445. The highest BCUT2D eigenvalue weighted by Gasteiger charge is 2.18. The van der Waals surface area contributed by atoms with E-state index in [2.05, 4.69) is 14.5 Å². The number of rotatable bonds is 4. The predicted molar refractivity (Wildman–Crippen MR) is 88.9 cm³/mol. The first-order valence-corrected chi connectivity index (χ1v) is 8.56. The van der Waals surface area contributed by atoms with Gasteiger partial charge in [0.15, 0.2) is 11.5 Å². The maximum Gasteiger partial charge on any atom is 0.163 e. The van der Waals surface area contributed by atoms with Gasteiger partial charge in [0.2, 0.25) is 0 Å². The Hall–Kier alpha value is -1.79. The summed E-state index contributed by atoms with van der Waals surface area (Å²) in [5, 5.41) is 0. The second-order valence-electron chi connectivity index (χ2n) is 6.27. The van der Waals surface area contributed by atoms with Crippen LogP contribution in [-0.4, -0.2) is 47.3 Å². The third kappa shape index (κ3) is 2.88. The molecule has 23 heavy (non-hydrogen) atoms. The maximum absolute atomic E-state index is 5.92. The minimum Gasteiger partial charge on any atom is -0.486 e. The number of piperidine rings is 1. The number of benzene rings is 1. The quantitative estimate of drug-likeness (QED) is 0.931. The van der Waals surface area contributed by atoms with Crippen LogP contribution in [0.2, 0.25) is 0 Å². The molecule has 0 spiro atoms. The fourth-order valence-corrected chi connectivity index (χ4v) is 3.54. The van der Waals surface area contributed by atoms with E-state index in [0.29, 0.717) is 19.8 Å². The van der Waals surface area contributed by atoms with Crippen molar-refractivity contribution >= 4 is 11.0 Å². The van der Waals surface area contributed by atoms with Gasteiger partial charge in [-0.2, -0.15) is 0 Å². The van der Waals surface area contributed by atoms with Crippen molar-refractivity contribution in [1.29, 1.82) is 0 Å². The second-order valence-corrected chi connectivity index (χ2v) is 6.27. The van der Waals surface area contributed by atoms with Gasteiger partial charge in [0.1, 0.15) is 19.0 Å². The molecule has 1 aromatic heterocycles. The molecular weight excluding hydrogens is 292 g/mol. The van der Waals surface area contributed by atoms with Gasteiger partial charge >= 0.3 is 0 Å². The fourth-order valence-electron chi connectivity index (χ4n) is 3.54. The molecule has 0 amide bonds. The molecule has 6 nitrogen and oxygen atoms in total. The average Bonchev–Trinajstić information content (AvgIpc) is 2.95. The third-order valence-corrected chi connectivity index (χ3v) is 4.76. The lowest BCUT2D eigenvalue weighted by atomic mass is 10.1. The molecule has 2 aliphatic rings. The molecule has 0 saturated carbocycles. The van der Waals surface area contributed by atoms with Gasteiger partial charge in [-0.25, -0.2) is 4.98 Å². The number of hydrogen-bond acceptors (Lipinski definition) is 5. The summed E-state index contributed by atoms with van der Waals surface area (Å²) < 4.78 is 13.6. The Balaban J connectivity index is 1.63. The Morgan fingerprint density at radius 2 is 1.74 bits per heavy atom. The lowest BCUT2D eigenvalue weighted by molar-refractivity contribution is 0.172. The van der Waals surface area contributed by atoms with Crippen LogP contribution in [-0.2, 0) is 13.1 Å². The predicted octanol–water partition coefficient (Wildman–Crippen LogP) is 1.75. The molecule has 0 aliphatic carbocycles. The highest BCUT2D eigenvalue weighted by molar-refractivity contribution is 5.80. The zero-order valence-corrected chi connectivity index (χ0v) is 13.5. The molecule has 0 radical (unpaired) electrons. The van der Waals surface area contributed by atoms with Gasteiger partial charge in [-0.1, -0.05) is 6.42 Å². The molecule has 3 heterocycles. The van der Waals surface area contributed by atoms with Gasteiger partial charge in [-0.05, 0) is 25.9 Å². The van der Waals surface area contributed by atoms with Crippen LogP contribution in [0.15, 0.2) is 12.1 Å². The topological polar surface area (TPSA) is 65.5 Å². The van der Waals surface area contributed by atoms with Crippen molar-refractivity contribution in [3.05, 3.63) is 18.0 Å². The van der Waals surface area contributed by atoms with Gasteiger partial charge < -0.3 is 24.7 Å². The normalized spacial score (nSPS) is 18.5. The molecule has 2 N–H and O–H groups in total. The van der Waals surface area contributed by atoms with Crippen LogP contribution in [0.3, 0.4) is 0 Å². The highest BCUT2D eigenvalue weighted by atomic mass is 16.6. The first-order chi connectivity index (χ1) is 11.3. The molecule has 0 unspecified atom stereocenters. The van der Waals surface area contributed by atoms with Crippen LogP contribution in [0, 0.1) is 0 Å². The first kappa shape index (κ1) is 14.8. The number of imidazole rings is 1. The van der Waals surface area contributed by atoms with E-state index < -0.39 is 0 Å². The molecule has 4 rings (SSSR count). The summed E-state index contributed by atoms with van der Waals surface area (Å²) >= 11 is 0. The van der Waals surface area contributed by atoms with E-state index >= 15 is 0 Å². The number of fused-ring (bicyclic) bond motifs is 2. The zero-order valence-electron chi connectivity index (χ0n) is 13.5. The average molecular weight is 316 g/mol. The monoisotopic (exact) mass is 316 g/mol. The smallest absolute Gasteiger partial charge is 0.163 e. The third-order valence-electron chi connectivity index (χ3n) is 4.76. The van der Waals surface area contributed by atoms with Gasteiger partial charge in [-0.3, -0.25) is 0 Å². The first-order valence-electron chi connectivity index (χ1n) is 8.56. The van der Waals surface area contributed by atoms with Gasteiger partial charge in [0.05, 0.1) is 17.6 Å². The van der Waals surface area contributed by atoms with Crippen LogP contribution in [0.4, 0.5) is 0 Å². The van der Waals surface area contributed by atoms with E-state index in [-0.39, 0.29) is 0 Å². The molecule has 0 bridgehead atoms. The van der Waals surface area contributed by atoms with Crippen molar-refractivity contribution in [2.75, 3.05) is 32.8 Å². The SMILES string of the molecule is NCc1nc2cc3c(cc2n1CCN1CCCCC1)OCCO3. The van der Waals surface area contributed by atoms with Crippen LogP contribution in [0.1, 0.15) is 25.1 Å². The summed E-state index contributed by atoms with van der Waals surface area (Å²) in [4.78, 5) is 7.22. The Labute approximate surface area is 136 Å². The van der Waals surface area contributed by atoms with Gasteiger partial charge in [0.25, 0.3) is 0 Å². The number of likely N-dealkylation sites (tertiary alicyclic amines) is 1. The van der Waals surface area contributed by atoms with Crippen LogP contribution < -0.4 is 15.2 Å². The summed E-state index contributed by atoms with van der Waals surface area (Å²) in [6, 6.07) is 4.02. The van der Waals surface area contributed by atoms with Crippen LogP contribution in [0.5, 0.6) is 11.5 Å². The van der Waals surface area contributed by atoms with Crippen molar-refractivity contribution < 1.29 is 9.47 Å². The molecular formula is C17H24N4O2. The second kappa shape index (κ2) is 6.37. The summed E-state index contributed by atoms with van der Waals surface area (Å²) in [5.41, 5.74) is 7.95. The van der Waals surface area contributed by atoms with Crippen molar-refractivity contribution in [2.24, 2.45) is 5.73 Å². The Kier molecular flexibility index (Phi) is 4.10. The molecule has 1 saturated heterocycles. The van der Waals surface area contributed by atoms with E-state index in [1.54, 1.807) is 0 Å². The van der Waals surface area contributed by atoms with Crippen molar-refractivity contribution in [3.8, 4) is 11.5 Å². The number of hydrogen-bond donors (Lipinski definition) is 1.